The highest BCUT2D eigenvalue weighted by Gasteiger charge is 2.28. The Labute approximate surface area is 152 Å². The number of carbonyl (C=O) groups excluding carboxylic acids is 2. The lowest BCUT2D eigenvalue weighted by Crippen LogP contribution is -2.43. The Kier molecular flexibility index (Phi) is 5.61. The number of likely N-dealkylation sites (tertiary alicyclic amines) is 1. The van der Waals surface area contributed by atoms with Crippen molar-refractivity contribution in [3.63, 3.8) is 0 Å². The Morgan fingerprint density at radius 3 is 2.50 bits per heavy atom. The zero-order valence-corrected chi connectivity index (χ0v) is 14.7. The van der Waals surface area contributed by atoms with Crippen LogP contribution in [-0.4, -0.2) is 34.8 Å². The van der Waals surface area contributed by atoms with Crippen molar-refractivity contribution >= 4 is 11.8 Å². The summed E-state index contributed by atoms with van der Waals surface area (Å²) < 4.78 is 13.0. The van der Waals surface area contributed by atoms with Crippen molar-refractivity contribution in [3.8, 4) is 0 Å². The maximum atomic E-state index is 13.0. The summed E-state index contributed by atoms with van der Waals surface area (Å²) in [5.41, 5.74) is 1.43. The van der Waals surface area contributed by atoms with E-state index in [1.165, 1.54) is 24.3 Å². The lowest BCUT2D eigenvalue weighted by molar-refractivity contribution is -0.127. The first-order valence-electron chi connectivity index (χ1n) is 8.79. The molecular formula is C20H22FN3O2. The van der Waals surface area contributed by atoms with E-state index in [-0.39, 0.29) is 29.6 Å². The van der Waals surface area contributed by atoms with Crippen molar-refractivity contribution in [1.82, 2.24) is 15.2 Å². The number of benzene rings is 1. The predicted molar refractivity (Wildman–Crippen MR) is 95.8 cm³/mol. The molecule has 5 nitrogen and oxygen atoms in total. The van der Waals surface area contributed by atoms with E-state index in [9.17, 15) is 14.0 Å². The number of piperidine rings is 1. The van der Waals surface area contributed by atoms with Crippen molar-refractivity contribution in [2.24, 2.45) is 5.92 Å². The van der Waals surface area contributed by atoms with E-state index < -0.39 is 0 Å². The largest absolute Gasteiger partial charge is 0.349 e. The summed E-state index contributed by atoms with van der Waals surface area (Å²) in [5, 5.41) is 3.02. The summed E-state index contributed by atoms with van der Waals surface area (Å²) >= 11 is 0. The highest BCUT2D eigenvalue weighted by Crippen LogP contribution is 2.21. The Balaban J connectivity index is 1.52. The molecule has 1 fully saturated rings. The van der Waals surface area contributed by atoms with Crippen LogP contribution in [0.4, 0.5) is 4.39 Å². The molecule has 2 heterocycles. The normalized spacial score (nSPS) is 16.2. The van der Waals surface area contributed by atoms with Gasteiger partial charge in [0.25, 0.3) is 5.91 Å². The standard InChI is InChI=1S/C20H22FN3O2/c1-14(17-3-2-10-22-13-17)23-19(25)15-8-11-24(12-9-15)20(26)16-4-6-18(21)7-5-16/h2-7,10,13-15H,8-9,11-12H2,1H3,(H,23,25)/t14-/m0/s1. The molecule has 1 aliphatic heterocycles. The van der Waals surface area contributed by atoms with E-state index in [4.69, 9.17) is 0 Å². The van der Waals surface area contributed by atoms with Crippen molar-refractivity contribution < 1.29 is 14.0 Å². The van der Waals surface area contributed by atoms with Gasteiger partial charge in [0.1, 0.15) is 5.82 Å². The SMILES string of the molecule is C[C@H](NC(=O)C1CCN(C(=O)c2ccc(F)cc2)CC1)c1cccnc1. The third-order valence-corrected chi connectivity index (χ3v) is 4.79. The van der Waals surface area contributed by atoms with Gasteiger partial charge in [-0.3, -0.25) is 14.6 Å². The molecule has 1 atom stereocenters. The lowest BCUT2D eigenvalue weighted by Gasteiger charge is -2.32. The van der Waals surface area contributed by atoms with Crippen LogP contribution in [-0.2, 0) is 4.79 Å². The highest BCUT2D eigenvalue weighted by atomic mass is 19.1. The summed E-state index contributed by atoms with van der Waals surface area (Å²) in [6.07, 6.45) is 4.69. The van der Waals surface area contributed by atoms with Crippen molar-refractivity contribution in [2.45, 2.75) is 25.8 Å². The van der Waals surface area contributed by atoms with E-state index >= 15 is 0 Å². The van der Waals surface area contributed by atoms with Gasteiger partial charge in [0.15, 0.2) is 0 Å². The number of hydrogen-bond donors (Lipinski definition) is 1. The van der Waals surface area contributed by atoms with Gasteiger partial charge in [-0.05, 0) is 55.7 Å². The molecule has 1 N–H and O–H groups in total. The van der Waals surface area contributed by atoms with E-state index in [1.54, 1.807) is 17.3 Å². The topological polar surface area (TPSA) is 62.3 Å². The Bertz CT molecular complexity index is 756. The zero-order valence-electron chi connectivity index (χ0n) is 14.7. The summed E-state index contributed by atoms with van der Waals surface area (Å²) in [6.45, 7) is 2.98. The van der Waals surface area contributed by atoms with E-state index in [2.05, 4.69) is 10.3 Å². The van der Waals surface area contributed by atoms with Gasteiger partial charge in [0, 0.05) is 37.0 Å². The average Bonchev–Trinajstić information content (AvgIpc) is 2.69. The van der Waals surface area contributed by atoms with Crippen LogP contribution in [0.1, 0.15) is 41.7 Å². The number of nitrogens with zero attached hydrogens (tertiary/aromatic N) is 2. The molecule has 1 saturated heterocycles. The molecular weight excluding hydrogens is 333 g/mol. The van der Waals surface area contributed by atoms with Crippen LogP contribution in [0, 0.1) is 11.7 Å². The zero-order chi connectivity index (χ0) is 18.5. The number of rotatable bonds is 4. The Morgan fingerprint density at radius 1 is 1.19 bits per heavy atom. The monoisotopic (exact) mass is 355 g/mol. The van der Waals surface area contributed by atoms with Crippen LogP contribution >= 0.6 is 0 Å². The summed E-state index contributed by atoms with van der Waals surface area (Å²) in [7, 11) is 0. The van der Waals surface area contributed by atoms with Crippen LogP contribution < -0.4 is 5.32 Å². The molecule has 0 bridgehead atoms. The second kappa shape index (κ2) is 8.08. The van der Waals surface area contributed by atoms with Gasteiger partial charge in [-0.15, -0.1) is 0 Å². The molecule has 2 aromatic rings. The lowest BCUT2D eigenvalue weighted by atomic mass is 9.94. The molecule has 1 aromatic carbocycles. The van der Waals surface area contributed by atoms with E-state index in [0.717, 1.165) is 5.56 Å². The third kappa shape index (κ3) is 4.25. The van der Waals surface area contributed by atoms with Crippen molar-refractivity contribution in [3.05, 3.63) is 65.7 Å². The predicted octanol–water partition coefficient (Wildman–Crippen LogP) is 2.95. The van der Waals surface area contributed by atoms with Gasteiger partial charge in [0.2, 0.25) is 5.91 Å². The smallest absolute Gasteiger partial charge is 0.253 e. The molecule has 2 amide bonds. The molecule has 0 unspecified atom stereocenters. The molecule has 6 heteroatoms. The fraction of sp³-hybridized carbons (Fsp3) is 0.350. The summed E-state index contributed by atoms with van der Waals surface area (Å²) in [6, 6.07) is 9.23. The molecule has 0 radical (unpaired) electrons. The van der Waals surface area contributed by atoms with Gasteiger partial charge in [-0.1, -0.05) is 6.07 Å². The number of halogens is 1. The molecule has 26 heavy (non-hydrogen) atoms. The van der Waals surface area contributed by atoms with Gasteiger partial charge in [0.05, 0.1) is 6.04 Å². The first kappa shape index (κ1) is 18.0. The number of carbonyl (C=O) groups is 2. The quantitative estimate of drug-likeness (QED) is 0.917. The van der Waals surface area contributed by atoms with Crippen molar-refractivity contribution in [2.75, 3.05) is 13.1 Å². The van der Waals surface area contributed by atoms with Gasteiger partial charge < -0.3 is 10.2 Å². The van der Waals surface area contributed by atoms with Crippen LogP contribution in [0.2, 0.25) is 0 Å². The second-order valence-corrected chi connectivity index (χ2v) is 6.59. The molecule has 1 aromatic heterocycles. The first-order chi connectivity index (χ1) is 12.5. The summed E-state index contributed by atoms with van der Waals surface area (Å²) in [5.74, 6) is -0.575. The first-order valence-corrected chi connectivity index (χ1v) is 8.79. The Hall–Kier alpha value is -2.76. The fourth-order valence-corrected chi connectivity index (χ4v) is 3.17. The average molecular weight is 355 g/mol. The second-order valence-electron chi connectivity index (χ2n) is 6.59. The van der Waals surface area contributed by atoms with Crippen LogP contribution in [0.15, 0.2) is 48.8 Å². The number of hydrogen-bond acceptors (Lipinski definition) is 3. The van der Waals surface area contributed by atoms with Crippen LogP contribution in [0.5, 0.6) is 0 Å². The van der Waals surface area contributed by atoms with Gasteiger partial charge >= 0.3 is 0 Å². The third-order valence-electron chi connectivity index (χ3n) is 4.79. The van der Waals surface area contributed by atoms with Crippen molar-refractivity contribution in [1.29, 1.82) is 0 Å². The van der Waals surface area contributed by atoms with Gasteiger partial charge in [-0.25, -0.2) is 4.39 Å². The van der Waals surface area contributed by atoms with E-state index in [0.29, 0.717) is 31.5 Å². The molecule has 136 valence electrons. The maximum Gasteiger partial charge on any atom is 0.253 e. The fourth-order valence-electron chi connectivity index (χ4n) is 3.17. The minimum atomic E-state index is -0.361. The molecule has 0 aliphatic carbocycles. The number of amides is 2. The van der Waals surface area contributed by atoms with Crippen LogP contribution in [0.25, 0.3) is 0 Å². The molecule has 1 aliphatic rings. The van der Waals surface area contributed by atoms with E-state index in [1.807, 2.05) is 19.1 Å². The number of pyridine rings is 1. The molecule has 0 spiro atoms. The van der Waals surface area contributed by atoms with Crippen LogP contribution in [0.3, 0.4) is 0 Å². The number of nitrogens with one attached hydrogen (secondary N) is 1. The molecule has 3 rings (SSSR count). The molecule has 0 saturated carbocycles. The van der Waals surface area contributed by atoms with Gasteiger partial charge in [-0.2, -0.15) is 0 Å². The maximum absolute atomic E-state index is 13.0. The number of aromatic nitrogens is 1. The minimum absolute atomic E-state index is 0.00948. The minimum Gasteiger partial charge on any atom is -0.349 e. The Morgan fingerprint density at radius 2 is 1.88 bits per heavy atom. The summed E-state index contributed by atoms with van der Waals surface area (Å²) in [4.78, 5) is 30.7. The highest BCUT2D eigenvalue weighted by molar-refractivity contribution is 5.94.